The summed E-state index contributed by atoms with van der Waals surface area (Å²) >= 11 is 0. The van der Waals surface area contributed by atoms with Crippen LogP contribution in [-0.2, 0) is 11.2 Å². The van der Waals surface area contributed by atoms with E-state index >= 15 is 0 Å². The molecule has 0 aliphatic carbocycles. The molecule has 0 radical (unpaired) electrons. The molecule has 0 saturated carbocycles. The first kappa shape index (κ1) is 15.9. The fourth-order valence-electron chi connectivity index (χ4n) is 2.54. The summed E-state index contributed by atoms with van der Waals surface area (Å²) in [7, 11) is 0. The molecule has 2 aromatic heterocycles. The van der Waals surface area contributed by atoms with Gasteiger partial charge in [-0.2, -0.15) is 9.50 Å². The molecule has 2 heterocycles. The van der Waals surface area contributed by atoms with Crippen LogP contribution in [0.1, 0.15) is 36.6 Å². The van der Waals surface area contributed by atoms with Crippen LogP contribution in [0.2, 0.25) is 0 Å². The fraction of sp³-hybridized carbons (Fsp3) is 0.294. The van der Waals surface area contributed by atoms with Crippen LogP contribution in [0.25, 0.3) is 5.78 Å². The molecule has 3 aromatic rings. The molecular weight excluding hydrogens is 306 g/mol. The highest BCUT2D eigenvalue weighted by Crippen LogP contribution is 2.10. The molecule has 0 bridgehead atoms. The number of hydrogen-bond donors (Lipinski definition) is 2. The van der Waals surface area contributed by atoms with Crippen LogP contribution in [-0.4, -0.2) is 25.5 Å². The highest BCUT2D eigenvalue weighted by Gasteiger charge is 2.14. The second-order valence-corrected chi connectivity index (χ2v) is 5.65. The zero-order chi connectivity index (χ0) is 17.1. The van der Waals surface area contributed by atoms with Gasteiger partial charge < -0.3 is 0 Å². The van der Waals surface area contributed by atoms with Gasteiger partial charge in [0.05, 0.1) is 5.69 Å². The first-order valence-electron chi connectivity index (χ1n) is 7.90. The van der Waals surface area contributed by atoms with Crippen molar-refractivity contribution in [2.45, 2.75) is 33.1 Å². The number of nitrogens with one attached hydrogen (secondary N) is 2. The molecule has 0 saturated heterocycles. The summed E-state index contributed by atoms with van der Waals surface area (Å²) in [5.74, 6) is 0.334. The van der Waals surface area contributed by atoms with E-state index in [0.717, 1.165) is 12.0 Å². The summed E-state index contributed by atoms with van der Waals surface area (Å²) in [4.78, 5) is 32.9. The Hall–Kier alpha value is -2.96. The summed E-state index contributed by atoms with van der Waals surface area (Å²) in [6.07, 6.45) is 1.64. The van der Waals surface area contributed by atoms with Crippen LogP contribution in [0, 0.1) is 6.92 Å². The van der Waals surface area contributed by atoms with Crippen molar-refractivity contribution in [3.05, 3.63) is 57.5 Å². The van der Waals surface area contributed by atoms with Gasteiger partial charge in [-0.3, -0.25) is 20.0 Å². The Bertz CT molecular complexity index is 927. The van der Waals surface area contributed by atoms with E-state index in [0.29, 0.717) is 24.1 Å². The van der Waals surface area contributed by atoms with Gasteiger partial charge >= 0.3 is 0 Å². The van der Waals surface area contributed by atoms with Gasteiger partial charge in [0.1, 0.15) is 0 Å². The number of aryl methyl sites for hydroxylation is 1. The van der Waals surface area contributed by atoms with Crippen molar-refractivity contribution in [3.63, 3.8) is 0 Å². The first-order valence-corrected chi connectivity index (χ1v) is 7.90. The maximum atomic E-state index is 12.7. The number of benzene rings is 1. The molecule has 0 unspecified atom stereocenters. The Kier molecular flexibility index (Phi) is 4.41. The average Bonchev–Trinajstić information content (AvgIpc) is 2.95. The molecular formula is C17H19N5O2. The SMILES string of the molecule is CCCC(=O)Nc1nc2nc(C)c(Cc3ccccc3)c(=O)n2[nH]1. The smallest absolute Gasteiger partial charge is 0.277 e. The Morgan fingerprint density at radius 3 is 2.71 bits per heavy atom. The van der Waals surface area contributed by atoms with Crippen molar-refractivity contribution < 1.29 is 4.79 Å². The zero-order valence-electron chi connectivity index (χ0n) is 13.7. The lowest BCUT2D eigenvalue weighted by molar-refractivity contribution is -0.116. The first-order chi connectivity index (χ1) is 11.6. The van der Waals surface area contributed by atoms with Crippen molar-refractivity contribution in [2.24, 2.45) is 0 Å². The van der Waals surface area contributed by atoms with Crippen molar-refractivity contribution >= 4 is 17.6 Å². The number of aromatic nitrogens is 4. The predicted octanol–water partition coefficient (Wildman–Crippen LogP) is 2.06. The number of carbonyl (C=O) groups excluding carboxylic acids is 1. The average molecular weight is 325 g/mol. The molecule has 2 N–H and O–H groups in total. The summed E-state index contributed by atoms with van der Waals surface area (Å²) in [5, 5.41) is 5.45. The fourth-order valence-corrected chi connectivity index (χ4v) is 2.54. The van der Waals surface area contributed by atoms with Crippen LogP contribution in [0.5, 0.6) is 0 Å². The molecule has 3 rings (SSSR count). The molecule has 0 fully saturated rings. The van der Waals surface area contributed by atoms with E-state index in [9.17, 15) is 9.59 Å². The van der Waals surface area contributed by atoms with Crippen molar-refractivity contribution in [2.75, 3.05) is 5.32 Å². The highest BCUT2D eigenvalue weighted by atomic mass is 16.2. The van der Waals surface area contributed by atoms with Crippen LogP contribution in [0.15, 0.2) is 35.1 Å². The number of nitrogens with zero attached hydrogens (tertiary/aromatic N) is 3. The lowest BCUT2D eigenvalue weighted by atomic mass is 10.1. The monoisotopic (exact) mass is 325 g/mol. The second kappa shape index (κ2) is 6.66. The van der Waals surface area contributed by atoms with E-state index in [2.05, 4.69) is 20.4 Å². The number of anilines is 1. The summed E-state index contributed by atoms with van der Waals surface area (Å²) in [6.45, 7) is 3.72. The number of fused-ring (bicyclic) bond motifs is 1. The van der Waals surface area contributed by atoms with E-state index in [1.807, 2.05) is 37.3 Å². The molecule has 1 aromatic carbocycles. The van der Waals surface area contributed by atoms with Gasteiger partial charge in [-0.25, -0.2) is 4.98 Å². The molecule has 7 nitrogen and oxygen atoms in total. The number of carbonyl (C=O) groups is 1. The molecule has 0 aliphatic heterocycles. The Balaban J connectivity index is 1.97. The molecule has 7 heteroatoms. The number of rotatable bonds is 5. The van der Waals surface area contributed by atoms with E-state index in [-0.39, 0.29) is 23.2 Å². The van der Waals surface area contributed by atoms with Crippen LogP contribution < -0.4 is 10.9 Å². The maximum Gasteiger partial charge on any atom is 0.277 e. The second-order valence-electron chi connectivity index (χ2n) is 5.65. The quantitative estimate of drug-likeness (QED) is 0.751. The van der Waals surface area contributed by atoms with E-state index in [4.69, 9.17) is 0 Å². The van der Waals surface area contributed by atoms with Gasteiger partial charge in [-0.05, 0) is 18.9 Å². The van der Waals surface area contributed by atoms with Gasteiger partial charge in [0.25, 0.3) is 11.3 Å². The van der Waals surface area contributed by atoms with Gasteiger partial charge in [0.15, 0.2) is 0 Å². The Morgan fingerprint density at radius 2 is 2.00 bits per heavy atom. The minimum Gasteiger partial charge on any atom is -0.295 e. The summed E-state index contributed by atoms with van der Waals surface area (Å²) in [6, 6.07) is 9.75. The van der Waals surface area contributed by atoms with E-state index in [1.165, 1.54) is 4.52 Å². The van der Waals surface area contributed by atoms with E-state index < -0.39 is 0 Å². The number of H-pyrrole nitrogens is 1. The predicted molar refractivity (Wildman–Crippen MR) is 91.1 cm³/mol. The topological polar surface area (TPSA) is 92.2 Å². The van der Waals surface area contributed by atoms with Crippen molar-refractivity contribution in [3.8, 4) is 0 Å². The minimum absolute atomic E-state index is 0.147. The van der Waals surface area contributed by atoms with Crippen molar-refractivity contribution in [1.82, 2.24) is 19.6 Å². The summed E-state index contributed by atoms with van der Waals surface area (Å²) < 4.78 is 1.27. The largest absolute Gasteiger partial charge is 0.295 e. The molecule has 0 spiro atoms. The molecule has 0 aliphatic rings. The highest BCUT2D eigenvalue weighted by molar-refractivity contribution is 5.88. The molecule has 124 valence electrons. The van der Waals surface area contributed by atoms with Gasteiger partial charge in [0, 0.05) is 18.4 Å². The Morgan fingerprint density at radius 1 is 1.25 bits per heavy atom. The lowest BCUT2D eigenvalue weighted by Crippen LogP contribution is -2.22. The third-order valence-electron chi connectivity index (χ3n) is 3.75. The number of aromatic amines is 1. The van der Waals surface area contributed by atoms with Gasteiger partial charge in [0.2, 0.25) is 11.9 Å². The maximum absolute atomic E-state index is 12.7. The van der Waals surface area contributed by atoms with Gasteiger partial charge in [-0.1, -0.05) is 37.3 Å². The van der Waals surface area contributed by atoms with Crippen LogP contribution in [0.3, 0.4) is 0 Å². The van der Waals surface area contributed by atoms with E-state index in [1.54, 1.807) is 6.92 Å². The minimum atomic E-state index is -0.204. The molecule has 24 heavy (non-hydrogen) atoms. The third-order valence-corrected chi connectivity index (χ3v) is 3.75. The van der Waals surface area contributed by atoms with Crippen LogP contribution >= 0.6 is 0 Å². The Labute approximate surface area is 138 Å². The number of amides is 1. The standard InChI is InChI=1S/C17H19N5O2/c1-3-7-14(23)19-16-20-17-18-11(2)13(15(24)22(17)21-16)10-12-8-5-4-6-9-12/h4-6,8-9H,3,7,10H2,1-2H3,(H2,18,19,20,21,23). The normalized spacial score (nSPS) is 10.9. The zero-order valence-corrected chi connectivity index (χ0v) is 13.7. The molecule has 0 atom stereocenters. The molecule has 1 amide bonds. The van der Waals surface area contributed by atoms with Crippen molar-refractivity contribution in [1.29, 1.82) is 0 Å². The van der Waals surface area contributed by atoms with Gasteiger partial charge in [-0.15, -0.1) is 0 Å². The van der Waals surface area contributed by atoms with Crippen LogP contribution in [0.4, 0.5) is 5.95 Å². The third kappa shape index (κ3) is 3.19. The number of hydrogen-bond acceptors (Lipinski definition) is 4. The lowest BCUT2D eigenvalue weighted by Gasteiger charge is -2.04. The summed E-state index contributed by atoms with van der Waals surface area (Å²) in [5.41, 5.74) is 2.08.